The van der Waals surface area contributed by atoms with E-state index in [0.717, 1.165) is 41.2 Å². The van der Waals surface area contributed by atoms with Gasteiger partial charge >= 0.3 is 7.12 Å². The van der Waals surface area contributed by atoms with E-state index in [2.05, 4.69) is 22.5 Å². The van der Waals surface area contributed by atoms with E-state index in [1.54, 1.807) is 24.3 Å². The van der Waals surface area contributed by atoms with E-state index in [9.17, 15) is 14.8 Å². The van der Waals surface area contributed by atoms with Crippen molar-refractivity contribution in [3.63, 3.8) is 0 Å². The summed E-state index contributed by atoms with van der Waals surface area (Å²) < 4.78 is 0. The number of nitrogens with one attached hydrogen (secondary N) is 2. The molecule has 1 aromatic heterocycles. The zero-order valence-corrected chi connectivity index (χ0v) is 18.2. The van der Waals surface area contributed by atoms with Crippen molar-refractivity contribution in [2.24, 2.45) is 5.73 Å². The Hall–Kier alpha value is -3.63. The van der Waals surface area contributed by atoms with E-state index in [4.69, 9.17) is 15.7 Å². The highest BCUT2D eigenvalue weighted by Gasteiger charge is 2.33. The lowest BCUT2D eigenvalue weighted by molar-refractivity contribution is 0.0999. The fourth-order valence-corrected chi connectivity index (χ4v) is 4.63. The second-order valence-electron chi connectivity index (χ2n) is 8.43. The summed E-state index contributed by atoms with van der Waals surface area (Å²) in [6.45, 7) is 3.33. The molecule has 3 aromatic rings. The monoisotopic (exact) mass is 444 g/mol. The van der Waals surface area contributed by atoms with Crippen molar-refractivity contribution in [2.75, 3.05) is 22.1 Å². The largest absolute Gasteiger partial charge is 0.488 e. The van der Waals surface area contributed by atoms with Crippen molar-refractivity contribution in [2.45, 2.75) is 32.4 Å². The van der Waals surface area contributed by atoms with Gasteiger partial charge in [-0.3, -0.25) is 4.79 Å². The minimum Gasteiger partial charge on any atom is -0.423 e. The molecule has 9 nitrogen and oxygen atoms in total. The molecule has 3 heterocycles. The first-order chi connectivity index (χ1) is 15.9. The number of rotatable bonds is 6. The summed E-state index contributed by atoms with van der Waals surface area (Å²) in [5, 5.41) is 25.6. The van der Waals surface area contributed by atoms with Gasteiger partial charge in [-0.15, -0.1) is 0 Å². The summed E-state index contributed by atoms with van der Waals surface area (Å²) in [6.07, 6.45) is 1.48. The predicted molar refractivity (Wildman–Crippen MR) is 128 cm³/mol. The average Bonchev–Trinajstić information content (AvgIpc) is 3.40. The third-order valence-electron chi connectivity index (χ3n) is 6.18. The summed E-state index contributed by atoms with van der Waals surface area (Å²) in [5.41, 5.74) is 11.1. The van der Waals surface area contributed by atoms with Gasteiger partial charge in [0.05, 0.1) is 11.4 Å². The molecule has 0 saturated heterocycles. The van der Waals surface area contributed by atoms with Crippen molar-refractivity contribution in [1.82, 2.24) is 9.97 Å². The van der Waals surface area contributed by atoms with E-state index in [1.165, 1.54) is 0 Å². The number of benzene rings is 2. The topological polar surface area (TPSA) is 137 Å². The van der Waals surface area contributed by atoms with Gasteiger partial charge in [0, 0.05) is 36.8 Å². The molecule has 1 unspecified atom stereocenters. The molecule has 2 aromatic carbocycles. The van der Waals surface area contributed by atoms with Crippen LogP contribution in [0.1, 0.15) is 34.1 Å². The van der Waals surface area contributed by atoms with Crippen LogP contribution in [0.5, 0.6) is 0 Å². The SMILES string of the molecule is CC1Cc2c(C(N)=O)cccc2N1c1nc2c(c(NCc3cccc(B(O)O)c3)n1)NCC2. The Bertz CT molecular complexity index is 1230. The Morgan fingerprint density at radius 1 is 1.27 bits per heavy atom. The molecule has 0 aliphatic carbocycles. The maximum Gasteiger partial charge on any atom is 0.488 e. The molecule has 0 spiro atoms. The van der Waals surface area contributed by atoms with Crippen molar-refractivity contribution >= 4 is 41.6 Å². The lowest BCUT2D eigenvalue weighted by Gasteiger charge is -2.24. The van der Waals surface area contributed by atoms with Crippen LogP contribution in [0.2, 0.25) is 0 Å². The summed E-state index contributed by atoms with van der Waals surface area (Å²) in [5.74, 6) is 0.832. The molecule has 1 amide bonds. The summed E-state index contributed by atoms with van der Waals surface area (Å²) in [6, 6.07) is 12.8. The van der Waals surface area contributed by atoms with Crippen molar-refractivity contribution in [1.29, 1.82) is 0 Å². The van der Waals surface area contributed by atoms with Gasteiger partial charge in [0.25, 0.3) is 0 Å². The van der Waals surface area contributed by atoms with Gasteiger partial charge in [-0.25, -0.2) is 4.98 Å². The van der Waals surface area contributed by atoms with Crippen LogP contribution in [0.4, 0.5) is 23.1 Å². The van der Waals surface area contributed by atoms with Crippen LogP contribution in [0.15, 0.2) is 42.5 Å². The molecule has 0 bridgehead atoms. The fourth-order valence-electron chi connectivity index (χ4n) is 4.63. The van der Waals surface area contributed by atoms with E-state index < -0.39 is 13.0 Å². The van der Waals surface area contributed by atoms with Crippen LogP contribution >= 0.6 is 0 Å². The van der Waals surface area contributed by atoms with Crippen molar-refractivity contribution < 1.29 is 14.8 Å². The number of nitrogens with zero attached hydrogens (tertiary/aromatic N) is 3. The highest BCUT2D eigenvalue weighted by atomic mass is 16.4. The van der Waals surface area contributed by atoms with Crippen LogP contribution in [-0.4, -0.2) is 45.6 Å². The normalized spacial score (nSPS) is 16.2. The molecule has 10 heteroatoms. The number of primary amides is 1. The molecule has 33 heavy (non-hydrogen) atoms. The molecule has 6 N–H and O–H groups in total. The summed E-state index contributed by atoms with van der Waals surface area (Å²) >= 11 is 0. The molecule has 2 aliphatic heterocycles. The van der Waals surface area contributed by atoms with Crippen molar-refractivity contribution in [3.05, 3.63) is 64.8 Å². The number of hydrogen-bond donors (Lipinski definition) is 5. The first kappa shape index (κ1) is 21.2. The molecule has 0 fully saturated rings. The Morgan fingerprint density at radius 2 is 2.09 bits per heavy atom. The molecular formula is C23H25BN6O3. The van der Waals surface area contributed by atoms with Crippen LogP contribution in [0.25, 0.3) is 0 Å². The van der Waals surface area contributed by atoms with Gasteiger partial charge in [0.2, 0.25) is 11.9 Å². The number of fused-ring (bicyclic) bond motifs is 2. The Kier molecular flexibility index (Phi) is 5.39. The van der Waals surface area contributed by atoms with Gasteiger partial charge in [-0.2, -0.15) is 4.98 Å². The molecule has 5 rings (SSSR count). The average molecular weight is 444 g/mol. The second-order valence-corrected chi connectivity index (χ2v) is 8.43. The van der Waals surface area contributed by atoms with Gasteiger partial charge in [-0.05, 0) is 42.1 Å². The maximum atomic E-state index is 11.9. The van der Waals surface area contributed by atoms with Crippen LogP contribution in [0.3, 0.4) is 0 Å². The van der Waals surface area contributed by atoms with Crippen LogP contribution in [0, 0.1) is 0 Å². The minimum atomic E-state index is -1.51. The number of aromatic nitrogens is 2. The highest BCUT2D eigenvalue weighted by Crippen LogP contribution is 2.40. The standard InChI is InChI=1S/C23H25BN6O3/c1-13-10-17-16(21(25)31)6-3-7-19(17)30(13)23-28-18-8-9-26-20(18)22(29-23)27-12-14-4-2-5-15(11-14)24(32)33/h2-7,11,13,26,32-33H,8-10,12H2,1H3,(H2,25,31)(H,27,28,29). The van der Waals surface area contributed by atoms with Crippen LogP contribution < -0.4 is 26.7 Å². The number of carbonyl (C=O) groups is 1. The Labute approximate surface area is 191 Å². The first-order valence-corrected chi connectivity index (χ1v) is 11.0. The van der Waals surface area contributed by atoms with E-state index >= 15 is 0 Å². The smallest absolute Gasteiger partial charge is 0.423 e. The number of hydrogen-bond acceptors (Lipinski definition) is 8. The quantitative estimate of drug-likeness (QED) is 0.354. The first-order valence-electron chi connectivity index (χ1n) is 11.0. The van der Waals surface area contributed by atoms with Gasteiger partial charge in [-0.1, -0.05) is 30.3 Å². The van der Waals surface area contributed by atoms with Gasteiger partial charge < -0.3 is 31.3 Å². The fraction of sp³-hybridized carbons (Fsp3) is 0.261. The van der Waals surface area contributed by atoms with Crippen LogP contribution in [-0.2, 0) is 19.4 Å². The molecule has 2 aliphatic rings. The number of anilines is 4. The lowest BCUT2D eigenvalue weighted by Crippen LogP contribution is -2.30. The molecule has 0 saturated carbocycles. The van der Waals surface area contributed by atoms with Crippen molar-refractivity contribution in [3.8, 4) is 0 Å². The Balaban J connectivity index is 1.49. The van der Waals surface area contributed by atoms with E-state index in [-0.39, 0.29) is 6.04 Å². The number of nitrogens with two attached hydrogens (primary N) is 1. The predicted octanol–water partition coefficient (Wildman–Crippen LogP) is 0.918. The second kappa shape index (κ2) is 8.38. The molecule has 168 valence electrons. The molecular weight excluding hydrogens is 419 g/mol. The number of carbonyl (C=O) groups excluding carboxylic acids is 1. The Morgan fingerprint density at radius 3 is 2.88 bits per heavy atom. The zero-order chi connectivity index (χ0) is 23.1. The third kappa shape index (κ3) is 3.87. The third-order valence-corrected chi connectivity index (χ3v) is 6.18. The molecule has 1 atom stereocenters. The summed E-state index contributed by atoms with van der Waals surface area (Å²) in [4.78, 5) is 23.7. The zero-order valence-electron chi connectivity index (χ0n) is 18.2. The minimum absolute atomic E-state index is 0.0727. The summed E-state index contributed by atoms with van der Waals surface area (Å²) in [7, 11) is -1.51. The van der Waals surface area contributed by atoms with Gasteiger partial charge in [0.15, 0.2) is 5.82 Å². The van der Waals surface area contributed by atoms with E-state index in [1.807, 2.05) is 18.2 Å². The lowest BCUT2D eigenvalue weighted by atomic mass is 9.80. The molecule has 0 radical (unpaired) electrons. The van der Waals surface area contributed by atoms with Gasteiger partial charge in [0.1, 0.15) is 0 Å². The highest BCUT2D eigenvalue weighted by molar-refractivity contribution is 6.58. The maximum absolute atomic E-state index is 11.9. The van der Waals surface area contributed by atoms with E-state index in [0.29, 0.717) is 35.8 Å². The number of amides is 1.